The molecule has 0 saturated heterocycles. The Hall–Kier alpha value is -1.94. The lowest BCUT2D eigenvalue weighted by Crippen LogP contribution is -2.12. The Morgan fingerprint density at radius 3 is 2.33 bits per heavy atom. The first-order valence-electron chi connectivity index (χ1n) is 6.64. The van der Waals surface area contributed by atoms with Crippen LogP contribution in [0.4, 0.5) is 0 Å². The number of hydrogen-bond donors (Lipinski definition) is 0. The van der Waals surface area contributed by atoms with Gasteiger partial charge in [-0.05, 0) is 49.7 Å². The first-order valence-corrected chi connectivity index (χ1v) is 7.96. The third kappa shape index (κ3) is 3.79. The van der Waals surface area contributed by atoms with Crippen molar-refractivity contribution in [1.29, 1.82) is 0 Å². The zero-order valence-electron chi connectivity index (χ0n) is 12.4. The Labute approximate surface area is 127 Å². The summed E-state index contributed by atoms with van der Waals surface area (Å²) in [6.45, 7) is 3.90. The molecule has 0 aromatic heterocycles. The third-order valence-corrected chi connectivity index (χ3v) is 4.72. The van der Waals surface area contributed by atoms with E-state index in [1.807, 2.05) is 32.0 Å². The molecule has 4 heteroatoms. The zero-order chi connectivity index (χ0) is 15.4. The standard InChI is InChI=1S/C17H18O3S/c1-12-4-9-17(13(2)10-12)21(19)11-16(18)14-5-7-15(20-3)8-6-14/h4-10H,11H2,1-3H3. The molecular formula is C17H18O3S. The molecule has 1 unspecified atom stereocenters. The highest BCUT2D eigenvalue weighted by molar-refractivity contribution is 7.85. The second-order valence-corrected chi connectivity index (χ2v) is 6.33. The van der Waals surface area contributed by atoms with Crippen LogP contribution in [0.15, 0.2) is 47.4 Å². The average molecular weight is 302 g/mol. The van der Waals surface area contributed by atoms with Crippen LogP contribution in [-0.4, -0.2) is 22.9 Å². The maximum absolute atomic E-state index is 12.3. The smallest absolute Gasteiger partial charge is 0.175 e. The lowest BCUT2D eigenvalue weighted by molar-refractivity contribution is 0.102. The molecule has 0 radical (unpaired) electrons. The molecule has 0 fully saturated rings. The summed E-state index contributed by atoms with van der Waals surface area (Å²) in [5.41, 5.74) is 2.62. The first-order chi connectivity index (χ1) is 10.0. The number of rotatable bonds is 5. The predicted molar refractivity (Wildman–Crippen MR) is 84.5 cm³/mol. The van der Waals surface area contributed by atoms with Crippen molar-refractivity contribution in [3.05, 3.63) is 59.2 Å². The average Bonchev–Trinajstić information content (AvgIpc) is 2.47. The van der Waals surface area contributed by atoms with Crippen molar-refractivity contribution in [2.24, 2.45) is 0 Å². The second kappa shape index (κ2) is 6.68. The third-order valence-electron chi connectivity index (χ3n) is 3.25. The van der Waals surface area contributed by atoms with Gasteiger partial charge >= 0.3 is 0 Å². The Bertz CT molecular complexity index is 675. The van der Waals surface area contributed by atoms with E-state index >= 15 is 0 Å². The molecule has 0 spiro atoms. The maximum atomic E-state index is 12.3. The van der Waals surface area contributed by atoms with E-state index < -0.39 is 10.8 Å². The van der Waals surface area contributed by atoms with Gasteiger partial charge in [-0.15, -0.1) is 0 Å². The maximum Gasteiger partial charge on any atom is 0.175 e. The number of ketones is 1. The SMILES string of the molecule is COc1ccc(C(=O)CS(=O)c2ccc(C)cc2C)cc1. The van der Waals surface area contributed by atoms with Gasteiger partial charge in [-0.25, -0.2) is 0 Å². The number of carbonyl (C=O) groups is 1. The van der Waals surface area contributed by atoms with Gasteiger partial charge in [0.25, 0.3) is 0 Å². The Balaban J connectivity index is 2.12. The van der Waals surface area contributed by atoms with Crippen molar-refractivity contribution in [3.8, 4) is 5.75 Å². The molecule has 0 aliphatic carbocycles. The van der Waals surface area contributed by atoms with Crippen molar-refractivity contribution in [2.75, 3.05) is 12.9 Å². The number of hydrogen-bond acceptors (Lipinski definition) is 3. The van der Waals surface area contributed by atoms with E-state index in [1.165, 1.54) is 0 Å². The number of aryl methyl sites for hydroxylation is 2. The van der Waals surface area contributed by atoms with Gasteiger partial charge in [0.2, 0.25) is 0 Å². The number of benzene rings is 2. The highest BCUT2D eigenvalue weighted by Gasteiger charge is 2.14. The molecule has 0 N–H and O–H groups in total. The summed E-state index contributed by atoms with van der Waals surface area (Å²) in [7, 11) is 0.254. The number of carbonyl (C=O) groups excluding carboxylic acids is 1. The molecule has 21 heavy (non-hydrogen) atoms. The lowest BCUT2D eigenvalue weighted by Gasteiger charge is -2.07. The molecule has 0 aliphatic rings. The Morgan fingerprint density at radius 1 is 1.10 bits per heavy atom. The summed E-state index contributed by atoms with van der Waals surface area (Å²) in [4.78, 5) is 12.9. The Kier molecular flexibility index (Phi) is 4.91. The quantitative estimate of drug-likeness (QED) is 0.796. The monoisotopic (exact) mass is 302 g/mol. The van der Waals surface area contributed by atoms with Gasteiger partial charge in [-0.2, -0.15) is 0 Å². The minimum absolute atomic E-state index is 0.00374. The molecule has 110 valence electrons. The second-order valence-electron chi connectivity index (χ2n) is 4.91. The van der Waals surface area contributed by atoms with Crippen molar-refractivity contribution >= 4 is 16.6 Å². The van der Waals surface area contributed by atoms with Crippen LogP contribution in [0.3, 0.4) is 0 Å². The van der Waals surface area contributed by atoms with E-state index in [-0.39, 0.29) is 11.5 Å². The fourth-order valence-corrected chi connectivity index (χ4v) is 3.31. The summed E-state index contributed by atoms with van der Waals surface area (Å²) < 4.78 is 17.4. The summed E-state index contributed by atoms with van der Waals surface area (Å²) in [6, 6.07) is 12.6. The molecule has 3 nitrogen and oxygen atoms in total. The summed E-state index contributed by atoms with van der Waals surface area (Å²) in [5.74, 6) is 0.564. The molecule has 2 aromatic rings. The van der Waals surface area contributed by atoms with Crippen LogP contribution in [0.5, 0.6) is 5.75 Å². The van der Waals surface area contributed by atoms with Crippen molar-refractivity contribution in [2.45, 2.75) is 18.7 Å². The molecule has 0 bridgehead atoms. The van der Waals surface area contributed by atoms with Crippen molar-refractivity contribution in [1.82, 2.24) is 0 Å². The van der Waals surface area contributed by atoms with Crippen LogP contribution >= 0.6 is 0 Å². The van der Waals surface area contributed by atoms with Crippen LogP contribution < -0.4 is 4.74 Å². The van der Waals surface area contributed by atoms with E-state index in [4.69, 9.17) is 4.74 Å². The highest BCUT2D eigenvalue weighted by Crippen LogP contribution is 2.17. The van der Waals surface area contributed by atoms with Crippen LogP contribution in [0.1, 0.15) is 21.5 Å². The van der Waals surface area contributed by atoms with Gasteiger partial charge in [0.1, 0.15) is 5.75 Å². The predicted octanol–water partition coefficient (Wildman–Crippen LogP) is 3.30. The Morgan fingerprint density at radius 2 is 1.76 bits per heavy atom. The largest absolute Gasteiger partial charge is 0.497 e. The highest BCUT2D eigenvalue weighted by atomic mass is 32.2. The number of ether oxygens (including phenoxy) is 1. The molecule has 0 heterocycles. The number of Topliss-reactive ketones (excluding diaryl/α,β-unsaturated/α-hetero) is 1. The fourth-order valence-electron chi connectivity index (χ4n) is 2.11. The lowest BCUT2D eigenvalue weighted by atomic mass is 10.1. The van der Waals surface area contributed by atoms with Gasteiger partial charge in [0.15, 0.2) is 5.78 Å². The van der Waals surface area contributed by atoms with E-state index in [9.17, 15) is 9.00 Å². The van der Waals surface area contributed by atoms with Gasteiger partial charge in [-0.1, -0.05) is 17.7 Å². The van der Waals surface area contributed by atoms with Gasteiger partial charge in [-0.3, -0.25) is 9.00 Å². The molecular weight excluding hydrogens is 284 g/mol. The summed E-state index contributed by atoms with van der Waals surface area (Å²) in [5, 5.41) is 0. The van der Waals surface area contributed by atoms with Crippen LogP contribution in [0.2, 0.25) is 0 Å². The first kappa shape index (κ1) is 15.4. The molecule has 0 saturated carbocycles. The zero-order valence-corrected chi connectivity index (χ0v) is 13.2. The van der Waals surface area contributed by atoms with Gasteiger partial charge in [0, 0.05) is 10.5 Å². The topological polar surface area (TPSA) is 43.4 Å². The van der Waals surface area contributed by atoms with Gasteiger partial charge < -0.3 is 4.74 Å². The van der Waals surface area contributed by atoms with Crippen LogP contribution in [-0.2, 0) is 10.8 Å². The molecule has 0 aliphatic heterocycles. The van der Waals surface area contributed by atoms with E-state index in [0.29, 0.717) is 11.3 Å². The van der Waals surface area contributed by atoms with Crippen molar-refractivity contribution in [3.63, 3.8) is 0 Å². The molecule has 2 aromatic carbocycles. The molecule has 2 rings (SSSR count). The minimum atomic E-state index is -1.32. The van der Waals surface area contributed by atoms with E-state index in [1.54, 1.807) is 31.4 Å². The van der Waals surface area contributed by atoms with E-state index in [0.717, 1.165) is 16.0 Å². The van der Waals surface area contributed by atoms with Crippen molar-refractivity contribution < 1.29 is 13.7 Å². The van der Waals surface area contributed by atoms with Gasteiger partial charge in [0.05, 0.1) is 23.7 Å². The fraction of sp³-hybridized carbons (Fsp3) is 0.235. The molecule has 0 amide bonds. The number of methoxy groups -OCH3 is 1. The van der Waals surface area contributed by atoms with E-state index in [2.05, 4.69) is 0 Å². The van der Waals surface area contributed by atoms with Crippen LogP contribution in [0.25, 0.3) is 0 Å². The minimum Gasteiger partial charge on any atom is -0.497 e. The molecule has 1 atom stereocenters. The summed E-state index contributed by atoms with van der Waals surface area (Å²) >= 11 is 0. The van der Waals surface area contributed by atoms with Crippen LogP contribution in [0, 0.1) is 13.8 Å². The summed E-state index contributed by atoms with van der Waals surface area (Å²) in [6.07, 6.45) is 0. The normalized spacial score (nSPS) is 12.0.